The van der Waals surface area contributed by atoms with Gasteiger partial charge in [-0.2, -0.15) is 0 Å². The number of ether oxygens (including phenoxy) is 1. The van der Waals surface area contributed by atoms with Crippen molar-refractivity contribution < 1.29 is 13.9 Å². The first-order valence-electron chi connectivity index (χ1n) is 5.03. The van der Waals surface area contributed by atoms with Crippen LogP contribution in [0.5, 0.6) is 0 Å². The Bertz CT molecular complexity index is 401. The smallest absolute Gasteiger partial charge is 0.239 e. The zero-order valence-corrected chi connectivity index (χ0v) is 11.0. The molecule has 4 nitrogen and oxygen atoms in total. The monoisotopic (exact) mass is 304 g/mol. The van der Waals surface area contributed by atoms with Crippen LogP contribution in [-0.2, 0) is 9.53 Å². The van der Waals surface area contributed by atoms with E-state index in [0.717, 1.165) is 0 Å². The fraction of sp³-hybridized carbons (Fsp3) is 0.364. The highest BCUT2D eigenvalue weighted by molar-refractivity contribution is 9.10. The van der Waals surface area contributed by atoms with Crippen LogP contribution in [0.15, 0.2) is 22.7 Å². The fourth-order valence-corrected chi connectivity index (χ4v) is 1.88. The molecule has 1 unspecified atom stereocenters. The summed E-state index contributed by atoms with van der Waals surface area (Å²) in [6, 6.07) is 3.38. The van der Waals surface area contributed by atoms with E-state index < -0.39 is 17.8 Å². The number of hydrogen-bond acceptors (Lipinski definition) is 3. The third-order valence-electron chi connectivity index (χ3n) is 2.21. The summed E-state index contributed by atoms with van der Waals surface area (Å²) in [4.78, 5) is 11.3. The molecule has 1 aromatic carbocycles. The number of primary amides is 1. The van der Waals surface area contributed by atoms with Gasteiger partial charge in [-0.05, 0) is 23.8 Å². The first-order chi connectivity index (χ1) is 8.06. The van der Waals surface area contributed by atoms with Crippen LogP contribution in [0.2, 0.25) is 0 Å². The largest absolute Gasteiger partial charge is 0.383 e. The Morgan fingerprint density at radius 3 is 2.94 bits per heavy atom. The summed E-state index contributed by atoms with van der Waals surface area (Å²) in [6.07, 6.45) is 0. The number of halogens is 2. The number of carbonyl (C=O) groups is 1. The molecule has 17 heavy (non-hydrogen) atoms. The quantitative estimate of drug-likeness (QED) is 0.780. The van der Waals surface area contributed by atoms with Gasteiger partial charge in [-0.15, -0.1) is 0 Å². The Kier molecular flexibility index (Phi) is 5.54. The van der Waals surface area contributed by atoms with E-state index in [9.17, 15) is 9.18 Å². The van der Waals surface area contributed by atoms with Gasteiger partial charge in [-0.1, -0.05) is 15.9 Å². The van der Waals surface area contributed by atoms with Gasteiger partial charge in [-0.3, -0.25) is 10.1 Å². The van der Waals surface area contributed by atoms with Crippen molar-refractivity contribution in [1.29, 1.82) is 0 Å². The molecule has 0 spiro atoms. The molecule has 3 N–H and O–H groups in total. The Labute approximate surface area is 107 Å². The lowest BCUT2D eigenvalue weighted by molar-refractivity contribution is -0.120. The second-order valence-electron chi connectivity index (χ2n) is 3.45. The van der Waals surface area contributed by atoms with Gasteiger partial charge in [0.2, 0.25) is 5.91 Å². The maximum atomic E-state index is 13.1. The lowest BCUT2D eigenvalue weighted by Crippen LogP contribution is -2.35. The second-order valence-corrected chi connectivity index (χ2v) is 4.30. The predicted octanol–water partition coefficient (Wildman–Crippen LogP) is 1.35. The van der Waals surface area contributed by atoms with Crippen molar-refractivity contribution in [1.82, 2.24) is 5.32 Å². The maximum Gasteiger partial charge on any atom is 0.239 e. The van der Waals surface area contributed by atoms with Gasteiger partial charge in [0.25, 0.3) is 0 Å². The second kappa shape index (κ2) is 6.68. The molecule has 0 bridgehead atoms. The van der Waals surface area contributed by atoms with E-state index in [0.29, 0.717) is 23.2 Å². The number of rotatable bonds is 6. The minimum absolute atomic E-state index is 0.414. The molecule has 0 aromatic heterocycles. The Morgan fingerprint density at radius 1 is 1.65 bits per heavy atom. The summed E-state index contributed by atoms with van der Waals surface area (Å²) in [7, 11) is 1.55. The average molecular weight is 305 g/mol. The van der Waals surface area contributed by atoms with E-state index in [1.54, 1.807) is 13.2 Å². The van der Waals surface area contributed by atoms with Crippen LogP contribution >= 0.6 is 15.9 Å². The highest BCUT2D eigenvalue weighted by atomic mass is 79.9. The van der Waals surface area contributed by atoms with Crippen LogP contribution in [0, 0.1) is 5.82 Å². The highest BCUT2D eigenvalue weighted by Crippen LogP contribution is 2.24. The lowest BCUT2D eigenvalue weighted by atomic mass is 10.1. The van der Waals surface area contributed by atoms with E-state index in [2.05, 4.69) is 21.2 Å². The molecule has 1 rings (SSSR count). The van der Waals surface area contributed by atoms with E-state index in [4.69, 9.17) is 10.5 Å². The first-order valence-corrected chi connectivity index (χ1v) is 5.82. The molecular formula is C11H14BrFN2O2. The molecule has 6 heteroatoms. The molecule has 0 aliphatic heterocycles. The SMILES string of the molecule is COCCNC(C(N)=O)c1cc(F)ccc1Br. The van der Waals surface area contributed by atoms with Gasteiger partial charge in [0.15, 0.2) is 0 Å². The summed E-state index contributed by atoms with van der Waals surface area (Å²) < 4.78 is 18.6. The Hall–Kier alpha value is -0.980. The summed E-state index contributed by atoms with van der Waals surface area (Å²) in [6.45, 7) is 0.893. The highest BCUT2D eigenvalue weighted by Gasteiger charge is 2.20. The molecule has 0 aliphatic rings. The fourth-order valence-electron chi connectivity index (χ4n) is 1.40. The van der Waals surface area contributed by atoms with Crippen LogP contribution in [0.25, 0.3) is 0 Å². The van der Waals surface area contributed by atoms with Crippen molar-refractivity contribution in [2.75, 3.05) is 20.3 Å². The van der Waals surface area contributed by atoms with Crippen LogP contribution in [0.4, 0.5) is 4.39 Å². The number of benzene rings is 1. The van der Waals surface area contributed by atoms with Crippen LogP contribution < -0.4 is 11.1 Å². The number of amides is 1. The molecule has 0 saturated heterocycles. The minimum atomic E-state index is -0.741. The van der Waals surface area contributed by atoms with Gasteiger partial charge >= 0.3 is 0 Å². The Morgan fingerprint density at radius 2 is 2.35 bits per heavy atom. The summed E-state index contributed by atoms with van der Waals surface area (Å²) in [5.41, 5.74) is 5.76. The zero-order valence-electron chi connectivity index (χ0n) is 9.37. The van der Waals surface area contributed by atoms with Gasteiger partial charge in [0, 0.05) is 18.1 Å². The standard InChI is InChI=1S/C11H14BrFN2O2/c1-17-5-4-15-10(11(14)16)8-6-7(13)2-3-9(8)12/h2-3,6,10,15H,4-5H2,1H3,(H2,14,16). The average Bonchev–Trinajstić information content (AvgIpc) is 2.28. The topological polar surface area (TPSA) is 64.3 Å². The van der Waals surface area contributed by atoms with Crippen molar-refractivity contribution in [2.24, 2.45) is 5.73 Å². The predicted molar refractivity (Wildman–Crippen MR) is 65.9 cm³/mol. The van der Waals surface area contributed by atoms with E-state index >= 15 is 0 Å². The molecule has 0 radical (unpaired) electrons. The van der Waals surface area contributed by atoms with Crippen molar-refractivity contribution in [3.05, 3.63) is 34.1 Å². The molecular weight excluding hydrogens is 291 g/mol. The van der Waals surface area contributed by atoms with Crippen LogP contribution in [0.1, 0.15) is 11.6 Å². The maximum absolute atomic E-state index is 13.1. The first kappa shape index (κ1) is 14.1. The van der Waals surface area contributed by atoms with Gasteiger partial charge in [0.05, 0.1) is 6.61 Å². The summed E-state index contributed by atoms with van der Waals surface area (Å²) >= 11 is 3.26. The lowest BCUT2D eigenvalue weighted by Gasteiger charge is -2.17. The summed E-state index contributed by atoms with van der Waals surface area (Å²) in [5.74, 6) is -0.976. The number of nitrogens with one attached hydrogen (secondary N) is 1. The van der Waals surface area contributed by atoms with E-state index in [-0.39, 0.29) is 0 Å². The van der Waals surface area contributed by atoms with Crippen molar-refractivity contribution >= 4 is 21.8 Å². The van der Waals surface area contributed by atoms with Crippen molar-refractivity contribution in [3.8, 4) is 0 Å². The van der Waals surface area contributed by atoms with E-state index in [1.807, 2.05) is 0 Å². The number of carbonyl (C=O) groups excluding carboxylic acids is 1. The molecule has 0 heterocycles. The molecule has 1 amide bonds. The number of nitrogens with two attached hydrogens (primary N) is 1. The van der Waals surface area contributed by atoms with Crippen LogP contribution in [-0.4, -0.2) is 26.2 Å². The van der Waals surface area contributed by atoms with Crippen molar-refractivity contribution in [3.63, 3.8) is 0 Å². The minimum Gasteiger partial charge on any atom is -0.383 e. The molecule has 1 atom stereocenters. The van der Waals surface area contributed by atoms with Gasteiger partial charge in [-0.25, -0.2) is 4.39 Å². The van der Waals surface area contributed by atoms with E-state index in [1.165, 1.54) is 12.1 Å². The summed E-state index contributed by atoms with van der Waals surface area (Å²) in [5, 5.41) is 2.91. The van der Waals surface area contributed by atoms with Gasteiger partial charge < -0.3 is 10.5 Å². The van der Waals surface area contributed by atoms with Crippen LogP contribution in [0.3, 0.4) is 0 Å². The molecule has 0 aliphatic carbocycles. The number of hydrogen-bond donors (Lipinski definition) is 2. The molecule has 0 saturated carbocycles. The molecule has 0 fully saturated rings. The number of methoxy groups -OCH3 is 1. The Balaban J connectivity index is 2.89. The molecule has 1 aromatic rings. The normalized spacial score (nSPS) is 12.4. The van der Waals surface area contributed by atoms with Crippen molar-refractivity contribution in [2.45, 2.75) is 6.04 Å². The molecule has 94 valence electrons. The van der Waals surface area contributed by atoms with Gasteiger partial charge in [0.1, 0.15) is 11.9 Å². The third-order valence-corrected chi connectivity index (χ3v) is 2.93. The third kappa shape index (κ3) is 4.07. The zero-order chi connectivity index (χ0) is 12.8.